The lowest BCUT2D eigenvalue weighted by atomic mass is 9.94. The predicted octanol–water partition coefficient (Wildman–Crippen LogP) is 4.42. The molecule has 0 radical (unpaired) electrons. The first-order valence-electron chi connectivity index (χ1n) is 13.6. The Morgan fingerprint density at radius 3 is 2.57 bits per heavy atom. The SMILES string of the molecule is COCCN1C[C@@H](NC(=O)Nc2cc(-c3ccc(C)c(-c4cnc(N(C)C)nc4)c3)[nH]n2)[C@H](c2ccc(F)c(F)c2)C1. The van der Waals surface area contributed by atoms with Crippen LogP contribution in [0.3, 0.4) is 0 Å². The molecule has 1 aliphatic rings. The van der Waals surface area contributed by atoms with Gasteiger partial charge in [-0.25, -0.2) is 23.5 Å². The zero-order valence-corrected chi connectivity index (χ0v) is 24.0. The van der Waals surface area contributed by atoms with Gasteiger partial charge in [0.25, 0.3) is 0 Å². The first-order chi connectivity index (χ1) is 20.2. The monoisotopic (exact) mass is 576 g/mol. The number of ether oxygens (including phenoxy) is 1. The van der Waals surface area contributed by atoms with Crippen molar-refractivity contribution in [2.45, 2.75) is 18.9 Å². The highest BCUT2D eigenvalue weighted by molar-refractivity contribution is 5.89. The van der Waals surface area contributed by atoms with Crippen LogP contribution in [0.2, 0.25) is 0 Å². The fourth-order valence-corrected chi connectivity index (χ4v) is 5.16. The number of hydrogen-bond donors (Lipinski definition) is 3. The van der Waals surface area contributed by atoms with Gasteiger partial charge in [0.05, 0.1) is 18.3 Å². The molecule has 12 heteroatoms. The zero-order chi connectivity index (χ0) is 29.8. The van der Waals surface area contributed by atoms with Crippen LogP contribution in [0.4, 0.5) is 25.3 Å². The van der Waals surface area contributed by atoms with Gasteiger partial charge in [-0.1, -0.05) is 18.2 Å². The summed E-state index contributed by atoms with van der Waals surface area (Å²) in [7, 11) is 5.40. The van der Waals surface area contributed by atoms with Gasteiger partial charge in [-0.3, -0.25) is 15.3 Å². The van der Waals surface area contributed by atoms with E-state index in [9.17, 15) is 13.6 Å². The maximum Gasteiger partial charge on any atom is 0.320 e. The number of carbonyl (C=O) groups excluding carboxylic acids is 1. The Balaban J connectivity index is 1.28. The second kappa shape index (κ2) is 12.6. The summed E-state index contributed by atoms with van der Waals surface area (Å²) in [5, 5.41) is 13.0. The molecule has 3 N–H and O–H groups in total. The number of halogens is 2. The number of H-pyrrole nitrogens is 1. The van der Waals surface area contributed by atoms with Gasteiger partial charge in [0.1, 0.15) is 0 Å². The van der Waals surface area contributed by atoms with Gasteiger partial charge in [0.15, 0.2) is 17.5 Å². The zero-order valence-electron chi connectivity index (χ0n) is 24.0. The number of benzene rings is 2. The molecular formula is C30H34F2N8O2. The Labute approximate surface area is 243 Å². The molecule has 0 spiro atoms. The molecule has 1 aliphatic heterocycles. The third-order valence-corrected chi connectivity index (χ3v) is 7.41. The van der Waals surface area contributed by atoms with Crippen LogP contribution in [0.1, 0.15) is 17.0 Å². The molecule has 2 atom stereocenters. The highest BCUT2D eigenvalue weighted by Gasteiger charge is 2.35. The van der Waals surface area contributed by atoms with Crippen molar-refractivity contribution in [3.63, 3.8) is 0 Å². The number of hydrogen-bond acceptors (Lipinski definition) is 7. The maximum absolute atomic E-state index is 14.0. The third kappa shape index (κ3) is 6.55. The van der Waals surface area contributed by atoms with Crippen molar-refractivity contribution in [2.75, 3.05) is 57.7 Å². The Bertz CT molecular complexity index is 1540. The number of methoxy groups -OCH3 is 1. The van der Waals surface area contributed by atoms with Gasteiger partial charge in [0, 0.05) is 76.3 Å². The second-order valence-electron chi connectivity index (χ2n) is 10.6. The fraction of sp³-hybridized carbons (Fsp3) is 0.333. The molecule has 1 saturated heterocycles. The van der Waals surface area contributed by atoms with Crippen molar-refractivity contribution in [1.29, 1.82) is 0 Å². The summed E-state index contributed by atoms with van der Waals surface area (Å²) < 4.78 is 32.8. The predicted molar refractivity (Wildman–Crippen MR) is 157 cm³/mol. The van der Waals surface area contributed by atoms with Crippen LogP contribution in [-0.2, 0) is 4.74 Å². The number of likely N-dealkylation sites (tertiary alicyclic amines) is 1. The van der Waals surface area contributed by atoms with Crippen LogP contribution in [-0.4, -0.2) is 84.6 Å². The van der Waals surface area contributed by atoms with E-state index >= 15 is 0 Å². The van der Waals surface area contributed by atoms with E-state index < -0.39 is 17.7 Å². The largest absolute Gasteiger partial charge is 0.383 e. The van der Waals surface area contributed by atoms with Crippen molar-refractivity contribution in [3.05, 3.63) is 77.6 Å². The van der Waals surface area contributed by atoms with E-state index in [-0.39, 0.29) is 12.0 Å². The number of aryl methyl sites for hydroxylation is 1. The number of aromatic amines is 1. The Morgan fingerprint density at radius 2 is 1.86 bits per heavy atom. The first kappa shape index (κ1) is 29.1. The lowest BCUT2D eigenvalue weighted by molar-refractivity contribution is 0.159. The number of rotatable bonds is 9. The molecule has 0 aliphatic carbocycles. The number of urea groups is 1. The van der Waals surface area contributed by atoms with Gasteiger partial charge in [-0.15, -0.1) is 0 Å². The van der Waals surface area contributed by atoms with Gasteiger partial charge in [-0.05, 0) is 41.8 Å². The van der Waals surface area contributed by atoms with Crippen molar-refractivity contribution >= 4 is 17.8 Å². The molecule has 5 rings (SSSR count). The van der Waals surface area contributed by atoms with Crippen molar-refractivity contribution < 1.29 is 18.3 Å². The van der Waals surface area contributed by atoms with Crippen molar-refractivity contribution in [2.24, 2.45) is 0 Å². The van der Waals surface area contributed by atoms with Crippen LogP contribution in [0.15, 0.2) is 54.9 Å². The average Bonchev–Trinajstić information content (AvgIpc) is 3.60. The molecule has 2 aromatic carbocycles. The molecule has 3 heterocycles. The number of nitrogens with zero attached hydrogens (tertiary/aromatic N) is 5. The average molecular weight is 577 g/mol. The molecule has 42 heavy (non-hydrogen) atoms. The second-order valence-corrected chi connectivity index (χ2v) is 10.6. The fourth-order valence-electron chi connectivity index (χ4n) is 5.16. The summed E-state index contributed by atoms with van der Waals surface area (Å²) in [6.07, 6.45) is 3.59. The standard InChI is InChI=1S/C30H34F2N8O2/c1-18-5-6-20(11-22(18)21-14-33-29(34-15-21)39(2)3)26-13-28(38-37-26)36-30(41)35-27-17-40(9-10-42-4)16-23(27)19-7-8-24(31)25(32)12-19/h5-8,11-15,23,27H,9-10,16-17H2,1-4H3,(H3,35,36,37,38,41)/t23-,27+/m0/s1. The van der Waals surface area contributed by atoms with Crippen LogP contribution >= 0.6 is 0 Å². The molecule has 10 nitrogen and oxygen atoms in total. The van der Waals surface area contributed by atoms with Crippen LogP contribution in [0.25, 0.3) is 22.4 Å². The van der Waals surface area contributed by atoms with Crippen molar-refractivity contribution in [3.8, 4) is 22.4 Å². The lowest BCUT2D eigenvalue weighted by Gasteiger charge is -2.20. The van der Waals surface area contributed by atoms with Crippen LogP contribution in [0, 0.1) is 18.6 Å². The van der Waals surface area contributed by atoms with Gasteiger partial charge in [-0.2, -0.15) is 5.10 Å². The van der Waals surface area contributed by atoms with E-state index in [4.69, 9.17) is 4.74 Å². The third-order valence-electron chi connectivity index (χ3n) is 7.41. The Kier molecular flexibility index (Phi) is 8.74. The molecule has 0 unspecified atom stereocenters. The quantitative estimate of drug-likeness (QED) is 0.271. The van der Waals surface area contributed by atoms with Gasteiger partial charge in [0.2, 0.25) is 5.95 Å². The van der Waals surface area contributed by atoms with Gasteiger partial charge < -0.3 is 15.0 Å². The Morgan fingerprint density at radius 1 is 1.07 bits per heavy atom. The molecule has 1 fully saturated rings. The maximum atomic E-state index is 14.0. The highest BCUT2D eigenvalue weighted by atomic mass is 19.2. The first-order valence-corrected chi connectivity index (χ1v) is 13.6. The number of amides is 2. The summed E-state index contributed by atoms with van der Waals surface area (Å²) in [6, 6.07) is 10.9. The van der Waals surface area contributed by atoms with Crippen LogP contribution < -0.4 is 15.5 Å². The van der Waals surface area contributed by atoms with E-state index in [1.54, 1.807) is 31.6 Å². The molecule has 2 amide bonds. The molecule has 0 bridgehead atoms. The number of carbonyl (C=O) groups is 1. The number of aromatic nitrogens is 4. The smallest absolute Gasteiger partial charge is 0.320 e. The highest BCUT2D eigenvalue weighted by Crippen LogP contribution is 2.30. The van der Waals surface area contributed by atoms with E-state index in [1.807, 2.05) is 44.1 Å². The summed E-state index contributed by atoms with van der Waals surface area (Å²) in [4.78, 5) is 25.8. The van der Waals surface area contributed by atoms with Gasteiger partial charge >= 0.3 is 6.03 Å². The minimum Gasteiger partial charge on any atom is -0.383 e. The topological polar surface area (TPSA) is 111 Å². The lowest BCUT2D eigenvalue weighted by Crippen LogP contribution is -2.42. The number of nitrogens with one attached hydrogen (secondary N) is 3. The minimum atomic E-state index is -0.910. The summed E-state index contributed by atoms with van der Waals surface area (Å²) >= 11 is 0. The van der Waals surface area contributed by atoms with E-state index in [2.05, 4.69) is 35.7 Å². The van der Waals surface area contributed by atoms with E-state index in [0.717, 1.165) is 34.0 Å². The minimum absolute atomic E-state index is 0.223. The molecule has 4 aromatic rings. The molecule has 220 valence electrons. The van der Waals surface area contributed by atoms with E-state index in [1.165, 1.54) is 6.07 Å². The molecule has 0 saturated carbocycles. The molecular weight excluding hydrogens is 542 g/mol. The summed E-state index contributed by atoms with van der Waals surface area (Å²) in [6.45, 7) is 4.32. The van der Waals surface area contributed by atoms with E-state index in [0.29, 0.717) is 43.6 Å². The summed E-state index contributed by atoms with van der Waals surface area (Å²) in [5.41, 5.74) is 5.19. The molecule has 2 aromatic heterocycles. The van der Waals surface area contributed by atoms with Crippen molar-refractivity contribution in [1.82, 2.24) is 30.4 Å². The summed E-state index contributed by atoms with van der Waals surface area (Å²) in [5.74, 6) is -1.05. The number of anilines is 2. The Hall–Kier alpha value is -4.42. The normalized spacial score (nSPS) is 16.9. The van der Waals surface area contributed by atoms with Crippen LogP contribution in [0.5, 0.6) is 0 Å².